The first-order valence-electron chi connectivity index (χ1n) is 6.90. The number of esters is 1. The summed E-state index contributed by atoms with van der Waals surface area (Å²) in [5.41, 5.74) is 2.53. The van der Waals surface area contributed by atoms with Gasteiger partial charge >= 0.3 is 5.97 Å². The van der Waals surface area contributed by atoms with Crippen molar-refractivity contribution in [3.05, 3.63) is 63.2 Å². The second-order valence-electron chi connectivity index (χ2n) is 4.68. The van der Waals surface area contributed by atoms with Gasteiger partial charge < -0.3 is 10.1 Å². The van der Waals surface area contributed by atoms with Crippen molar-refractivity contribution in [1.82, 2.24) is 0 Å². The van der Waals surface area contributed by atoms with Gasteiger partial charge in [0.05, 0.1) is 12.2 Å². The molecule has 3 nitrogen and oxygen atoms in total. The van der Waals surface area contributed by atoms with Crippen LogP contribution in [0, 0.1) is 3.57 Å². The van der Waals surface area contributed by atoms with E-state index in [9.17, 15) is 4.79 Å². The summed E-state index contributed by atoms with van der Waals surface area (Å²) < 4.78 is 6.30. The molecule has 0 saturated heterocycles. The summed E-state index contributed by atoms with van der Waals surface area (Å²) in [7, 11) is 0. The average molecular weight is 395 g/mol. The smallest absolute Gasteiger partial charge is 0.340 e. The largest absolute Gasteiger partial charge is 0.462 e. The molecular weight excluding hydrogens is 377 g/mol. The Bertz CT molecular complexity index is 610. The second kappa shape index (κ2) is 7.45. The van der Waals surface area contributed by atoms with Gasteiger partial charge in [0, 0.05) is 15.3 Å². The quantitative estimate of drug-likeness (QED) is 0.592. The van der Waals surface area contributed by atoms with Gasteiger partial charge in [-0.05, 0) is 66.3 Å². The number of rotatable bonds is 5. The van der Waals surface area contributed by atoms with Crippen LogP contribution in [-0.2, 0) is 4.74 Å². The maximum atomic E-state index is 12.0. The number of carbonyl (C=O) groups is 1. The predicted octanol–water partition coefficient (Wildman–Crippen LogP) is 4.64. The van der Waals surface area contributed by atoms with Gasteiger partial charge in [0.15, 0.2) is 0 Å². The molecule has 0 bridgehead atoms. The van der Waals surface area contributed by atoms with Gasteiger partial charge in [0.2, 0.25) is 0 Å². The average Bonchev–Trinajstić information content (AvgIpc) is 2.48. The molecule has 21 heavy (non-hydrogen) atoms. The topological polar surface area (TPSA) is 38.3 Å². The van der Waals surface area contributed by atoms with E-state index in [0.717, 1.165) is 5.69 Å². The first-order valence-corrected chi connectivity index (χ1v) is 7.98. The van der Waals surface area contributed by atoms with E-state index in [0.29, 0.717) is 12.2 Å². The van der Waals surface area contributed by atoms with Gasteiger partial charge in [-0.3, -0.25) is 0 Å². The highest BCUT2D eigenvalue weighted by Crippen LogP contribution is 2.23. The number of anilines is 1. The van der Waals surface area contributed by atoms with Crippen LogP contribution < -0.4 is 5.32 Å². The Morgan fingerprint density at radius 3 is 2.52 bits per heavy atom. The van der Waals surface area contributed by atoms with Gasteiger partial charge in [-0.1, -0.05) is 24.3 Å². The lowest BCUT2D eigenvalue weighted by Gasteiger charge is -2.18. The Hall–Kier alpha value is -1.56. The molecule has 0 amide bonds. The van der Waals surface area contributed by atoms with Crippen LogP contribution in [0.25, 0.3) is 0 Å². The number of ether oxygens (including phenoxy) is 1. The van der Waals surface area contributed by atoms with Crippen LogP contribution in [0.1, 0.15) is 35.8 Å². The molecule has 0 heterocycles. The summed E-state index contributed by atoms with van der Waals surface area (Å²) in [5.74, 6) is -0.296. The molecule has 0 saturated carbocycles. The van der Waals surface area contributed by atoms with Crippen molar-refractivity contribution < 1.29 is 9.53 Å². The molecule has 1 unspecified atom stereocenters. The molecule has 0 fully saturated rings. The fourth-order valence-electron chi connectivity index (χ4n) is 2.06. The van der Waals surface area contributed by atoms with Crippen molar-refractivity contribution in [2.45, 2.75) is 19.9 Å². The van der Waals surface area contributed by atoms with Gasteiger partial charge in [0.1, 0.15) is 0 Å². The number of hydrogen-bond acceptors (Lipinski definition) is 3. The van der Waals surface area contributed by atoms with Gasteiger partial charge in [-0.2, -0.15) is 0 Å². The maximum Gasteiger partial charge on any atom is 0.340 e. The highest BCUT2D eigenvalue weighted by molar-refractivity contribution is 14.1. The summed E-state index contributed by atoms with van der Waals surface area (Å²) in [6.07, 6.45) is 0. The number of halogens is 1. The summed E-state index contributed by atoms with van der Waals surface area (Å²) in [5, 5.41) is 3.38. The highest BCUT2D eigenvalue weighted by Gasteiger charge is 2.14. The van der Waals surface area contributed by atoms with Crippen molar-refractivity contribution in [2.24, 2.45) is 0 Å². The maximum absolute atomic E-state index is 12.0. The number of hydrogen-bond donors (Lipinski definition) is 1. The van der Waals surface area contributed by atoms with Crippen molar-refractivity contribution in [2.75, 3.05) is 11.9 Å². The first kappa shape index (κ1) is 15.8. The molecule has 0 radical (unpaired) electrons. The summed E-state index contributed by atoms with van der Waals surface area (Å²) >= 11 is 2.29. The minimum absolute atomic E-state index is 0.109. The first-order chi connectivity index (χ1) is 10.1. The Balaban J connectivity index is 2.19. The number of nitrogens with one attached hydrogen (secondary N) is 1. The van der Waals surface area contributed by atoms with Crippen LogP contribution in [-0.4, -0.2) is 12.6 Å². The molecular formula is C17H18INO2. The third-order valence-electron chi connectivity index (χ3n) is 3.16. The SMILES string of the molecule is CCOC(=O)c1ccccc1NC(C)c1ccc(I)cc1. The van der Waals surface area contributed by atoms with Crippen molar-refractivity contribution in [1.29, 1.82) is 0 Å². The van der Waals surface area contributed by atoms with E-state index < -0.39 is 0 Å². The van der Waals surface area contributed by atoms with E-state index in [1.54, 1.807) is 6.07 Å². The lowest BCUT2D eigenvalue weighted by molar-refractivity contribution is 0.0527. The third-order valence-corrected chi connectivity index (χ3v) is 3.88. The fraction of sp³-hybridized carbons (Fsp3) is 0.235. The third kappa shape index (κ3) is 4.20. The number of carbonyl (C=O) groups excluding carboxylic acids is 1. The molecule has 1 N–H and O–H groups in total. The molecule has 0 aromatic heterocycles. The molecule has 2 aromatic carbocycles. The number of benzene rings is 2. The molecule has 2 rings (SSSR count). The Morgan fingerprint density at radius 1 is 1.19 bits per heavy atom. The van der Waals surface area contributed by atoms with Crippen molar-refractivity contribution in [3.8, 4) is 0 Å². The molecule has 0 aliphatic heterocycles. The summed E-state index contributed by atoms with van der Waals surface area (Å²) in [6.45, 7) is 4.26. The Morgan fingerprint density at radius 2 is 1.86 bits per heavy atom. The second-order valence-corrected chi connectivity index (χ2v) is 5.93. The molecule has 4 heteroatoms. The molecule has 0 aliphatic rings. The van der Waals surface area contributed by atoms with E-state index in [1.807, 2.05) is 25.1 Å². The predicted molar refractivity (Wildman–Crippen MR) is 93.6 cm³/mol. The van der Waals surface area contributed by atoms with Crippen LogP contribution in [0.5, 0.6) is 0 Å². The van der Waals surface area contributed by atoms with Crippen LogP contribution in [0.15, 0.2) is 48.5 Å². The zero-order valence-electron chi connectivity index (χ0n) is 12.1. The van der Waals surface area contributed by atoms with E-state index in [2.05, 4.69) is 59.1 Å². The van der Waals surface area contributed by atoms with Gasteiger partial charge in [-0.15, -0.1) is 0 Å². The van der Waals surface area contributed by atoms with Crippen LogP contribution in [0.3, 0.4) is 0 Å². The number of para-hydroxylation sites is 1. The van der Waals surface area contributed by atoms with Crippen molar-refractivity contribution >= 4 is 34.2 Å². The van der Waals surface area contributed by atoms with Gasteiger partial charge in [-0.25, -0.2) is 4.79 Å². The summed E-state index contributed by atoms with van der Waals surface area (Å²) in [6, 6.07) is 15.9. The molecule has 2 aromatic rings. The standard InChI is InChI=1S/C17H18INO2/c1-3-21-17(20)15-6-4-5-7-16(15)19-12(2)13-8-10-14(18)11-9-13/h4-12,19H,3H2,1-2H3. The van der Waals surface area contributed by atoms with Crippen LogP contribution >= 0.6 is 22.6 Å². The van der Waals surface area contributed by atoms with Crippen LogP contribution in [0.2, 0.25) is 0 Å². The molecule has 1 atom stereocenters. The molecule has 0 aliphatic carbocycles. The monoisotopic (exact) mass is 395 g/mol. The van der Waals surface area contributed by atoms with E-state index in [1.165, 1.54) is 9.13 Å². The minimum atomic E-state index is -0.296. The van der Waals surface area contributed by atoms with E-state index in [4.69, 9.17) is 4.74 Å². The highest BCUT2D eigenvalue weighted by atomic mass is 127. The lowest BCUT2D eigenvalue weighted by atomic mass is 10.1. The van der Waals surface area contributed by atoms with E-state index in [-0.39, 0.29) is 12.0 Å². The summed E-state index contributed by atoms with van der Waals surface area (Å²) in [4.78, 5) is 12.0. The fourth-order valence-corrected chi connectivity index (χ4v) is 2.42. The van der Waals surface area contributed by atoms with Gasteiger partial charge in [0.25, 0.3) is 0 Å². The Labute approximate surface area is 138 Å². The minimum Gasteiger partial charge on any atom is -0.462 e. The molecule has 0 spiro atoms. The lowest BCUT2D eigenvalue weighted by Crippen LogP contribution is -2.12. The molecule has 110 valence electrons. The zero-order chi connectivity index (χ0) is 15.2. The van der Waals surface area contributed by atoms with Crippen molar-refractivity contribution in [3.63, 3.8) is 0 Å². The van der Waals surface area contributed by atoms with Crippen LogP contribution in [0.4, 0.5) is 5.69 Å². The van der Waals surface area contributed by atoms with E-state index >= 15 is 0 Å². The Kier molecular flexibility index (Phi) is 5.61. The normalized spacial score (nSPS) is 11.8. The zero-order valence-corrected chi connectivity index (χ0v) is 14.3.